The highest BCUT2D eigenvalue weighted by molar-refractivity contribution is 5.62. The summed E-state index contributed by atoms with van der Waals surface area (Å²) in [5.41, 5.74) is 7.53. The molecular weight excluding hydrogens is 316 g/mol. The summed E-state index contributed by atoms with van der Waals surface area (Å²) in [7, 11) is 0. The first-order chi connectivity index (χ1) is 12.0. The van der Waals surface area contributed by atoms with Crippen LogP contribution in [0.5, 0.6) is 11.5 Å². The topological polar surface area (TPSA) is 79.0 Å². The van der Waals surface area contributed by atoms with Gasteiger partial charge < -0.3 is 20.7 Å². The van der Waals surface area contributed by atoms with Crippen LogP contribution < -0.4 is 10.5 Å². The van der Waals surface area contributed by atoms with Gasteiger partial charge in [0.2, 0.25) is 0 Å². The fourth-order valence-electron chi connectivity index (χ4n) is 6.52. The van der Waals surface area contributed by atoms with Gasteiger partial charge in [0.25, 0.3) is 0 Å². The van der Waals surface area contributed by atoms with Gasteiger partial charge in [0.1, 0.15) is 6.10 Å². The highest BCUT2D eigenvalue weighted by Gasteiger charge is 2.72. The van der Waals surface area contributed by atoms with Crippen molar-refractivity contribution in [2.45, 2.75) is 67.7 Å². The number of rotatable bonds is 2. The van der Waals surface area contributed by atoms with E-state index >= 15 is 0 Å². The van der Waals surface area contributed by atoms with E-state index in [4.69, 9.17) is 10.5 Å². The summed E-state index contributed by atoms with van der Waals surface area (Å²) in [5.74, 6) is 1.60. The first kappa shape index (κ1) is 14.8. The van der Waals surface area contributed by atoms with Crippen molar-refractivity contribution in [2.24, 2.45) is 11.7 Å². The molecule has 1 saturated heterocycles. The van der Waals surface area contributed by atoms with Gasteiger partial charge in [0, 0.05) is 24.2 Å². The zero-order valence-corrected chi connectivity index (χ0v) is 14.4. The van der Waals surface area contributed by atoms with Crippen molar-refractivity contribution in [1.29, 1.82) is 0 Å². The molecule has 5 heteroatoms. The van der Waals surface area contributed by atoms with E-state index in [1.165, 1.54) is 18.4 Å². The van der Waals surface area contributed by atoms with Gasteiger partial charge in [-0.25, -0.2) is 0 Å². The number of hydrogen-bond acceptors (Lipinski definition) is 5. The first-order valence-electron chi connectivity index (χ1n) is 9.78. The molecule has 25 heavy (non-hydrogen) atoms. The molecule has 6 rings (SSSR count). The second-order valence-corrected chi connectivity index (χ2v) is 8.99. The van der Waals surface area contributed by atoms with Crippen LogP contribution in [0, 0.1) is 5.92 Å². The predicted octanol–water partition coefficient (Wildman–Crippen LogP) is 1.28. The highest BCUT2D eigenvalue weighted by Crippen LogP contribution is 2.65. The Morgan fingerprint density at radius 3 is 2.88 bits per heavy atom. The number of benzene rings is 1. The van der Waals surface area contributed by atoms with Crippen molar-refractivity contribution in [3.8, 4) is 11.5 Å². The van der Waals surface area contributed by atoms with Gasteiger partial charge in [-0.05, 0) is 62.6 Å². The predicted molar refractivity (Wildman–Crippen MR) is 92.8 cm³/mol. The van der Waals surface area contributed by atoms with Gasteiger partial charge in [0.15, 0.2) is 11.5 Å². The zero-order valence-electron chi connectivity index (χ0n) is 14.4. The van der Waals surface area contributed by atoms with Crippen LogP contribution in [-0.4, -0.2) is 52.0 Å². The maximum absolute atomic E-state index is 12.1. The molecule has 2 bridgehead atoms. The summed E-state index contributed by atoms with van der Waals surface area (Å²) in [6.45, 7) is 2.10. The van der Waals surface area contributed by atoms with Crippen LogP contribution in [0.25, 0.3) is 0 Å². The second kappa shape index (κ2) is 4.51. The minimum absolute atomic E-state index is 0.0892. The molecule has 3 fully saturated rings. The van der Waals surface area contributed by atoms with E-state index in [-0.39, 0.29) is 23.9 Å². The van der Waals surface area contributed by atoms with E-state index < -0.39 is 11.0 Å². The van der Waals surface area contributed by atoms with Crippen LogP contribution in [-0.2, 0) is 11.8 Å². The molecule has 3 aliphatic carbocycles. The molecule has 4 N–H and O–H groups in total. The highest BCUT2D eigenvalue weighted by atomic mass is 16.5. The van der Waals surface area contributed by atoms with E-state index in [0.29, 0.717) is 5.75 Å². The summed E-state index contributed by atoms with van der Waals surface area (Å²) in [6, 6.07) is 3.84. The summed E-state index contributed by atoms with van der Waals surface area (Å²) >= 11 is 0. The van der Waals surface area contributed by atoms with Crippen LogP contribution in [0.2, 0.25) is 0 Å². The Kier molecular flexibility index (Phi) is 2.67. The number of aromatic hydroxyl groups is 1. The van der Waals surface area contributed by atoms with E-state index in [1.54, 1.807) is 6.07 Å². The van der Waals surface area contributed by atoms with Crippen molar-refractivity contribution < 1.29 is 14.9 Å². The van der Waals surface area contributed by atoms with Gasteiger partial charge in [-0.2, -0.15) is 0 Å². The number of likely N-dealkylation sites (tertiary alicyclic amines) is 1. The average molecular weight is 342 g/mol. The number of phenolic OH excluding ortho intramolecular Hbond substituents is 1. The largest absolute Gasteiger partial charge is 0.504 e. The number of phenols is 1. The first-order valence-corrected chi connectivity index (χ1v) is 9.78. The number of nitrogens with zero attached hydrogens (tertiary/aromatic N) is 1. The van der Waals surface area contributed by atoms with Crippen molar-refractivity contribution in [3.63, 3.8) is 0 Å². The molecule has 1 aromatic rings. The summed E-state index contributed by atoms with van der Waals surface area (Å²) in [4.78, 5) is 2.55. The van der Waals surface area contributed by atoms with E-state index in [2.05, 4.69) is 4.90 Å². The monoisotopic (exact) mass is 342 g/mol. The Morgan fingerprint density at radius 2 is 2.08 bits per heavy atom. The zero-order chi connectivity index (χ0) is 17.0. The Hall–Kier alpha value is -1.30. The Labute approximate surface area is 147 Å². The minimum Gasteiger partial charge on any atom is -0.504 e. The lowest BCUT2D eigenvalue weighted by atomic mass is 9.48. The molecule has 2 aliphatic heterocycles. The molecule has 0 unspecified atom stereocenters. The van der Waals surface area contributed by atoms with Crippen LogP contribution in [0.1, 0.15) is 43.2 Å². The van der Waals surface area contributed by atoms with Crippen molar-refractivity contribution in [2.75, 3.05) is 13.1 Å². The van der Waals surface area contributed by atoms with Gasteiger partial charge in [-0.15, -0.1) is 0 Å². The van der Waals surface area contributed by atoms with Crippen molar-refractivity contribution in [3.05, 3.63) is 23.3 Å². The van der Waals surface area contributed by atoms with Gasteiger partial charge in [-0.1, -0.05) is 6.07 Å². The lowest BCUT2D eigenvalue weighted by molar-refractivity contribution is -0.189. The molecule has 0 amide bonds. The average Bonchev–Trinajstić information content (AvgIpc) is 3.32. The third-order valence-corrected chi connectivity index (χ3v) is 7.81. The molecule has 0 radical (unpaired) electrons. The van der Waals surface area contributed by atoms with E-state index in [0.717, 1.165) is 50.3 Å². The second-order valence-electron chi connectivity index (χ2n) is 8.99. The summed E-state index contributed by atoms with van der Waals surface area (Å²) in [6.07, 6.45) is 5.66. The van der Waals surface area contributed by atoms with Crippen LogP contribution >= 0.6 is 0 Å². The maximum atomic E-state index is 12.1. The number of hydrogen-bond donors (Lipinski definition) is 3. The molecule has 5 aliphatic rings. The Morgan fingerprint density at radius 1 is 1.24 bits per heavy atom. The van der Waals surface area contributed by atoms with Crippen LogP contribution in [0.4, 0.5) is 0 Å². The Balaban J connectivity index is 1.57. The van der Waals surface area contributed by atoms with Crippen molar-refractivity contribution in [1.82, 2.24) is 4.90 Å². The van der Waals surface area contributed by atoms with Crippen LogP contribution in [0.15, 0.2) is 12.1 Å². The molecular formula is C20H26N2O3. The van der Waals surface area contributed by atoms with Crippen LogP contribution in [0.3, 0.4) is 0 Å². The van der Waals surface area contributed by atoms with Gasteiger partial charge in [-0.3, -0.25) is 4.90 Å². The molecule has 1 spiro atoms. The smallest absolute Gasteiger partial charge is 0.165 e. The molecule has 1 aromatic carbocycles. The fourth-order valence-corrected chi connectivity index (χ4v) is 6.52. The molecule has 5 nitrogen and oxygen atoms in total. The third-order valence-electron chi connectivity index (χ3n) is 7.81. The van der Waals surface area contributed by atoms with Gasteiger partial charge >= 0.3 is 0 Å². The standard InChI is InChI=1S/C20H26N2O3/c21-13-5-6-20(24)15-9-12-3-4-14(23)17-16(12)19(20,18(13)25-17)7-8-22(15)10-11-1-2-11/h3-4,11,13,15,18,23-24H,1-2,5-10,21H2/t13-,15-,18+,19+,20-/m1/s1. The molecule has 2 heterocycles. The number of piperidine rings is 1. The molecule has 134 valence electrons. The van der Waals surface area contributed by atoms with Gasteiger partial charge in [0.05, 0.1) is 11.0 Å². The molecule has 0 aromatic heterocycles. The molecule has 5 atom stereocenters. The number of ether oxygens (including phenoxy) is 1. The number of nitrogens with two attached hydrogens (primary N) is 1. The van der Waals surface area contributed by atoms with E-state index in [9.17, 15) is 10.2 Å². The normalized spacial score (nSPS) is 44.3. The third kappa shape index (κ3) is 1.61. The van der Waals surface area contributed by atoms with E-state index in [1.807, 2.05) is 6.07 Å². The lowest BCUT2D eigenvalue weighted by Gasteiger charge is -2.64. The summed E-state index contributed by atoms with van der Waals surface area (Å²) in [5, 5.41) is 22.5. The Bertz CT molecular complexity index is 764. The molecule has 2 saturated carbocycles. The lowest BCUT2D eigenvalue weighted by Crippen LogP contribution is -2.77. The SMILES string of the molecule is N[C@@H]1CC[C@@]2(O)[C@H]3Cc4ccc(O)c5c4[C@@]2(CCN3CC2CC2)[C@H]1O5. The van der Waals surface area contributed by atoms with Crippen molar-refractivity contribution >= 4 is 0 Å². The number of aliphatic hydroxyl groups is 1. The minimum atomic E-state index is -0.799. The maximum Gasteiger partial charge on any atom is 0.165 e. The fraction of sp³-hybridized carbons (Fsp3) is 0.700. The summed E-state index contributed by atoms with van der Waals surface area (Å²) < 4.78 is 6.26. The quantitative estimate of drug-likeness (QED) is 0.755.